The minimum Gasteiger partial charge on any atom is -0.302 e. The predicted octanol–water partition coefficient (Wildman–Crippen LogP) is 1.85. The Bertz CT molecular complexity index is 255. The fourth-order valence-electron chi connectivity index (χ4n) is 0.591. The van der Waals surface area contributed by atoms with E-state index < -0.39 is 0 Å². The van der Waals surface area contributed by atoms with Crippen molar-refractivity contribution in [3.63, 3.8) is 0 Å². The molecular formula is C7H6O2S2. The normalized spacial score (nSPS) is 9.45. The summed E-state index contributed by atoms with van der Waals surface area (Å²) in [5, 5.41) is 0. The zero-order chi connectivity index (χ0) is 8.10. The van der Waals surface area contributed by atoms with Crippen molar-refractivity contribution >= 4 is 35.7 Å². The molecule has 0 aliphatic rings. The first-order valence-corrected chi connectivity index (χ1v) is 4.78. The second kappa shape index (κ2) is 4.31. The van der Waals surface area contributed by atoms with Crippen LogP contribution in [0, 0.1) is 0 Å². The molecule has 58 valence electrons. The number of thioether (sulfide) groups is 1. The highest BCUT2D eigenvalue weighted by molar-refractivity contribution is 8.01. The molecule has 1 heterocycles. The van der Waals surface area contributed by atoms with Crippen LogP contribution in [0.15, 0.2) is 16.3 Å². The van der Waals surface area contributed by atoms with Crippen LogP contribution in [-0.4, -0.2) is 18.3 Å². The summed E-state index contributed by atoms with van der Waals surface area (Å²) in [6, 6.07) is 3.60. The largest absolute Gasteiger partial charge is 0.302 e. The number of hydrogen-bond acceptors (Lipinski definition) is 4. The van der Waals surface area contributed by atoms with Gasteiger partial charge in [-0.15, -0.1) is 23.1 Å². The van der Waals surface area contributed by atoms with Gasteiger partial charge in [-0.1, -0.05) is 0 Å². The van der Waals surface area contributed by atoms with Crippen LogP contribution >= 0.6 is 23.1 Å². The number of carbonyl (C=O) groups excluding carboxylic acids is 2. The first kappa shape index (κ1) is 8.49. The van der Waals surface area contributed by atoms with E-state index in [1.807, 2.05) is 6.07 Å². The lowest BCUT2D eigenvalue weighted by Gasteiger charge is -1.86. The van der Waals surface area contributed by atoms with Crippen LogP contribution in [-0.2, 0) is 4.79 Å². The number of aldehydes is 2. The van der Waals surface area contributed by atoms with Gasteiger partial charge in [-0.05, 0) is 12.1 Å². The molecule has 0 amide bonds. The van der Waals surface area contributed by atoms with Crippen molar-refractivity contribution in [3.8, 4) is 0 Å². The second-order valence-electron chi connectivity index (χ2n) is 1.75. The molecule has 1 aromatic rings. The Hall–Kier alpha value is -0.610. The highest BCUT2D eigenvalue weighted by atomic mass is 32.2. The second-order valence-corrected chi connectivity index (χ2v) is 4.19. The third-order valence-electron chi connectivity index (χ3n) is 1.01. The van der Waals surface area contributed by atoms with E-state index in [0.717, 1.165) is 16.8 Å². The van der Waals surface area contributed by atoms with Crippen LogP contribution in [0.5, 0.6) is 0 Å². The van der Waals surface area contributed by atoms with Gasteiger partial charge in [0.25, 0.3) is 0 Å². The smallest absolute Gasteiger partial charge is 0.160 e. The lowest BCUT2D eigenvalue weighted by molar-refractivity contribution is -0.105. The van der Waals surface area contributed by atoms with Crippen molar-refractivity contribution < 1.29 is 9.59 Å². The van der Waals surface area contributed by atoms with E-state index in [9.17, 15) is 9.59 Å². The maximum absolute atomic E-state index is 10.2. The highest BCUT2D eigenvalue weighted by Crippen LogP contribution is 2.25. The first-order valence-electron chi connectivity index (χ1n) is 2.98. The molecular weight excluding hydrogens is 180 g/mol. The summed E-state index contributed by atoms with van der Waals surface area (Å²) < 4.78 is 1.01. The summed E-state index contributed by atoms with van der Waals surface area (Å²) in [6.07, 6.45) is 1.67. The monoisotopic (exact) mass is 186 g/mol. The Kier molecular flexibility index (Phi) is 3.32. The molecule has 0 radical (unpaired) electrons. The van der Waals surface area contributed by atoms with Crippen molar-refractivity contribution in [2.45, 2.75) is 4.21 Å². The molecule has 0 aliphatic carbocycles. The summed E-state index contributed by atoms with van der Waals surface area (Å²) >= 11 is 2.86. The van der Waals surface area contributed by atoms with Crippen molar-refractivity contribution in [3.05, 3.63) is 17.0 Å². The Morgan fingerprint density at radius 3 is 2.82 bits per heavy atom. The molecule has 0 N–H and O–H groups in total. The van der Waals surface area contributed by atoms with Crippen LogP contribution in [0.3, 0.4) is 0 Å². The third kappa shape index (κ3) is 2.48. The minimum atomic E-state index is 0.457. The maximum Gasteiger partial charge on any atom is 0.160 e. The molecule has 0 atom stereocenters. The molecule has 0 unspecified atom stereocenters. The van der Waals surface area contributed by atoms with Crippen LogP contribution in [0.1, 0.15) is 9.67 Å². The van der Waals surface area contributed by atoms with Crippen LogP contribution in [0.25, 0.3) is 0 Å². The predicted molar refractivity (Wildman–Crippen MR) is 46.5 cm³/mol. The van der Waals surface area contributed by atoms with E-state index in [2.05, 4.69) is 0 Å². The van der Waals surface area contributed by atoms with E-state index >= 15 is 0 Å². The topological polar surface area (TPSA) is 34.1 Å². The van der Waals surface area contributed by atoms with Gasteiger partial charge < -0.3 is 4.79 Å². The lowest BCUT2D eigenvalue weighted by Crippen LogP contribution is -1.73. The van der Waals surface area contributed by atoms with Crippen molar-refractivity contribution in [2.75, 3.05) is 5.75 Å². The summed E-state index contributed by atoms with van der Waals surface area (Å²) in [5.74, 6) is 0.457. The molecule has 0 spiro atoms. The summed E-state index contributed by atoms with van der Waals surface area (Å²) in [6.45, 7) is 0. The van der Waals surface area contributed by atoms with Crippen LogP contribution in [0.2, 0.25) is 0 Å². The Labute approximate surface area is 72.6 Å². The summed E-state index contributed by atoms with van der Waals surface area (Å²) in [7, 11) is 0. The molecule has 1 aromatic heterocycles. The number of rotatable bonds is 4. The molecule has 0 bridgehead atoms. The van der Waals surface area contributed by atoms with Gasteiger partial charge in [0.1, 0.15) is 6.29 Å². The molecule has 2 nitrogen and oxygen atoms in total. The van der Waals surface area contributed by atoms with Gasteiger partial charge >= 0.3 is 0 Å². The molecule has 1 rings (SSSR count). The summed E-state index contributed by atoms with van der Waals surface area (Å²) in [5.41, 5.74) is 0. The molecule has 0 saturated heterocycles. The van der Waals surface area contributed by atoms with Gasteiger partial charge in [0.15, 0.2) is 6.29 Å². The molecule has 0 aliphatic heterocycles. The molecule has 0 fully saturated rings. The van der Waals surface area contributed by atoms with Crippen molar-refractivity contribution in [1.82, 2.24) is 0 Å². The maximum atomic E-state index is 10.2. The van der Waals surface area contributed by atoms with Crippen LogP contribution in [0.4, 0.5) is 0 Å². The average Bonchev–Trinajstić information content (AvgIpc) is 2.48. The summed E-state index contributed by atoms with van der Waals surface area (Å²) in [4.78, 5) is 20.9. The lowest BCUT2D eigenvalue weighted by atomic mass is 10.5. The number of carbonyl (C=O) groups is 2. The molecule has 0 aromatic carbocycles. The number of hydrogen-bond donors (Lipinski definition) is 0. The van der Waals surface area contributed by atoms with Gasteiger partial charge in [0.05, 0.1) is 14.8 Å². The minimum absolute atomic E-state index is 0.457. The van der Waals surface area contributed by atoms with E-state index in [4.69, 9.17) is 0 Å². The fraction of sp³-hybridized carbons (Fsp3) is 0.143. The Morgan fingerprint density at radius 2 is 2.27 bits per heavy atom. The zero-order valence-corrected chi connectivity index (χ0v) is 7.28. The van der Waals surface area contributed by atoms with Crippen molar-refractivity contribution in [2.24, 2.45) is 0 Å². The first-order chi connectivity index (χ1) is 5.36. The van der Waals surface area contributed by atoms with Gasteiger partial charge in [-0.25, -0.2) is 0 Å². The molecule has 0 saturated carbocycles. The van der Waals surface area contributed by atoms with Gasteiger partial charge in [0.2, 0.25) is 0 Å². The molecule has 4 heteroatoms. The SMILES string of the molecule is O=CCSc1ccc(C=O)s1. The van der Waals surface area contributed by atoms with Gasteiger partial charge in [-0.3, -0.25) is 4.79 Å². The Morgan fingerprint density at radius 1 is 1.45 bits per heavy atom. The molecule has 11 heavy (non-hydrogen) atoms. The quantitative estimate of drug-likeness (QED) is 0.531. The van der Waals surface area contributed by atoms with Crippen LogP contribution < -0.4 is 0 Å². The fourth-order valence-corrected chi connectivity index (χ4v) is 2.27. The zero-order valence-electron chi connectivity index (χ0n) is 5.65. The van der Waals surface area contributed by atoms with Crippen molar-refractivity contribution in [1.29, 1.82) is 0 Å². The average molecular weight is 186 g/mol. The van der Waals surface area contributed by atoms with Gasteiger partial charge in [-0.2, -0.15) is 0 Å². The highest BCUT2D eigenvalue weighted by Gasteiger charge is 1.97. The van der Waals surface area contributed by atoms with E-state index in [1.165, 1.54) is 23.1 Å². The number of thiophene rings is 1. The van der Waals surface area contributed by atoms with E-state index in [0.29, 0.717) is 10.6 Å². The van der Waals surface area contributed by atoms with Gasteiger partial charge in [0, 0.05) is 0 Å². The third-order valence-corrected chi connectivity index (χ3v) is 3.14. The Balaban J connectivity index is 2.57. The van der Waals surface area contributed by atoms with E-state index in [-0.39, 0.29) is 0 Å². The standard InChI is InChI=1S/C7H6O2S2/c8-3-4-10-7-2-1-6(5-9)11-7/h1-3,5H,4H2. The van der Waals surface area contributed by atoms with E-state index in [1.54, 1.807) is 6.07 Å².